The van der Waals surface area contributed by atoms with Crippen molar-refractivity contribution in [1.82, 2.24) is 19.7 Å². The molecule has 0 atom stereocenters. The Morgan fingerprint density at radius 1 is 1.00 bits per heavy atom. The lowest BCUT2D eigenvalue weighted by molar-refractivity contribution is 0.296. The second-order valence-electron chi connectivity index (χ2n) is 7.48. The second-order valence-corrected chi connectivity index (χ2v) is 8.26. The van der Waals surface area contributed by atoms with Crippen molar-refractivity contribution in [2.75, 3.05) is 19.6 Å². The maximum absolute atomic E-state index is 6.37. The van der Waals surface area contributed by atoms with Crippen molar-refractivity contribution in [3.63, 3.8) is 0 Å². The zero-order valence-corrected chi connectivity index (χ0v) is 17.1. The lowest BCUT2D eigenvalue weighted by Crippen LogP contribution is -2.30. The predicted molar refractivity (Wildman–Crippen MR) is 111 cm³/mol. The van der Waals surface area contributed by atoms with Crippen LogP contribution in [0.25, 0.3) is 5.57 Å². The first kappa shape index (κ1) is 19.0. The summed E-state index contributed by atoms with van der Waals surface area (Å²) in [4.78, 5) is 2.50. The van der Waals surface area contributed by atoms with Crippen molar-refractivity contribution in [1.29, 1.82) is 0 Å². The summed E-state index contributed by atoms with van der Waals surface area (Å²) in [6.07, 6.45) is 10.3. The fraction of sp³-hybridized carbons (Fsp3) is 0.524. The zero-order valence-electron chi connectivity index (χ0n) is 15.6. The monoisotopic (exact) mass is 404 g/mol. The van der Waals surface area contributed by atoms with E-state index < -0.39 is 0 Å². The third-order valence-electron chi connectivity index (χ3n) is 5.65. The van der Waals surface area contributed by atoms with E-state index >= 15 is 0 Å². The van der Waals surface area contributed by atoms with E-state index in [1.165, 1.54) is 36.5 Å². The van der Waals surface area contributed by atoms with E-state index in [9.17, 15) is 0 Å². The molecule has 27 heavy (non-hydrogen) atoms. The maximum Gasteiger partial charge on any atom is 0.133 e. The Hall–Kier alpha value is -1.36. The molecule has 0 radical (unpaired) electrons. The van der Waals surface area contributed by atoms with Gasteiger partial charge in [0.15, 0.2) is 0 Å². The Kier molecular flexibility index (Phi) is 6.16. The van der Waals surface area contributed by atoms with Crippen LogP contribution in [-0.2, 0) is 19.4 Å². The Morgan fingerprint density at radius 2 is 1.93 bits per heavy atom. The second kappa shape index (κ2) is 8.76. The molecular weight excluding hydrogens is 379 g/mol. The quantitative estimate of drug-likeness (QED) is 0.700. The Labute approximate surface area is 171 Å². The predicted octanol–water partition coefficient (Wildman–Crippen LogP) is 5.03. The van der Waals surface area contributed by atoms with Gasteiger partial charge in [-0.1, -0.05) is 47.8 Å². The van der Waals surface area contributed by atoms with Crippen LogP contribution in [-0.4, -0.2) is 39.3 Å². The number of aryl methyl sites for hydroxylation is 2. The highest BCUT2D eigenvalue weighted by molar-refractivity contribution is 6.43. The van der Waals surface area contributed by atoms with Gasteiger partial charge in [-0.05, 0) is 49.4 Å². The normalized spacial score (nSPS) is 18.1. The Bertz CT molecular complexity index is 828. The van der Waals surface area contributed by atoms with Gasteiger partial charge in [0.1, 0.15) is 11.6 Å². The minimum atomic E-state index is 0.630. The number of rotatable bonds is 5. The molecule has 0 saturated heterocycles. The summed E-state index contributed by atoms with van der Waals surface area (Å²) in [7, 11) is 0. The molecule has 2 aliphatic heterocycles. The Balaban J connectivity index is 1.30. The number of hydrogen-bond donors (Lipinski definition) is 0. The van der Waals surface area contributed by atoms with E-state index in [0.717, 1.165) is 57.4 Å². The van der Waals surface area contributed by atoms with Crippen LogP contribution in [0, 0.1) is 0 Å². The molecule has 0 saturated carbocycles. The van der Waals surface area contributed by atoms with Crippen LogP contribution < -0.4 is 0 Å². The van der Waals surface area contributed by atoms with Crippen molar-refractivity contribution in [2.24, 2.45) is 0 Å². The number of nitrogens with zero attached hydrogens (tertiary/aromatic N) is 4. The topological polar surface area (TPSA) is 34.0 Å². The molecule has 144 valence electrons. The Morgan fingerprint density at radius 3 is 2.78 bits per heavy atom. The summed E-state index contributed by atoms with van der Waals surface area (Å²) in [6, 6.07) is 5.87. The average molecular weight is 405 g/mol. The molecular formula is C21H26Cl2N4. The number of fused-ring (bicyclic) bond motifs is 1. The van der Waals surface area contributed by atoms with Crippen molar-refractivity contribution in [3.05, 3.63) is 51.5 Å². The fourth-order valence-corrected chi connectivity index (χ4v) is 4.52. The first-order valence-electron chi connectivity index (χ1n) is 9.99. The number of benzene rings is 1. The summed E-state index contributed by atoms with van der Waals surface area (Å²) >= 11 is 12.5. The summed E-state index contributed by atoms with van der Waals surface area (Å²) in [5.41, 5.74) is 2.39. The van der Waals surface area contributed by atoms with Crippen molar-refractivity contribution in [2.45, 2.75) is 51.5 Å². The van der Waals surface area contributed by atoms with Gasteiger partial charge in [0.2, 0.25) is 0 Å². The average Bonchev–Trinajstić information content (AvgIpc) is 2.91. The summed E-state index contributed by atoms with van der Waals surface area (Å²) in [6.45, 7) is 4.21. The van der Waals surface area contributed by atoms with Gasteiger partial charge in [0, 0.05) is 32.5 Å². The molecule has 0 fully saturated rings. The van der Waals surface area contributed by atoms with Gasteiger partial charge in [-0.15, -0.1) is 10.2 Å². The molecule has 1 aromatic carbocycles. The first-order chi connectivity index (χ1) is 13.2. The minimum Gasteiger partial charge on any atom is -0.315 e. The van der Waals surface area contributed by atoms with Crippen molar-refractivity contribution >= 4 is 28.8 Å². The molecule has 0 N–H and O–H groups in total. The standard InChI is InChI=1S/C21H26Cl2N4/c22-18-7-4-6-17(21(18)23)16-10-14-26(15-11-16)12-5-9-20-25-24-19-8-2-1-3-13-27(19)20/h4,6-7,10H,1-3,5,8-9,11-15H2. The molecule has 4 nitrogen and oxygen atoms in total. The molecule has 0 aliphatic carbocycles. The highest BCUT2D eigenvalue weighted by atomic mass is 35.5. The third-order valence-corrected chi connectivity index (χ3v) is 6.47. The molecule has 0 spiro atoms. The molecule has 2 aliphatic rings. The molecule has 0 unspecified atom stereocenters. The van der Waals surface area contributed by atoms with Gasteiger partial charge in [-0.2, -0.15) is 0 Å². The van der Waals surface area contributed by atoms with E-state index in [0.29, 0.717) is 10.0 Å². The molecule has 6 heteroatoms. The van der Waals surface area contributed by atoms with Crippen LogP contribution in [0.1, 0.15) is 49.3 Å². The van der Waals surface area contributed by atoms with Gasteiger partial charge in [-0.25, -0.2) is 0 Å². The molecule has 2 aromatic rings. The van der Waals surface area contributed by atoms with Crippen LogP contribution in [0.3, 0.4) is 0 Å². The van der Waals surface area contributed by atoms with E-state index in [4.69, 9.17) is 23.2 Å². The summed E-state index contributed by atoms with van der Waals surface area (Å²) in [5.74, 6) is 2.36. The van der Waals surface area contributed by atoms with E-state index in [-0.39, 0.29) is 0 Å². The minimum absolute atomic E-state index is 0.630. The smallest absolute Gasteiger partial charge is 0.133 e. The van der Waals surface area contributed by atoms with Crippen molar-refractivity contribution < 1.29 is 0 Å². The maximum atomic E-state index is 6.37. The van der Waals surface area contributed by atoms with Crippen LogP contribution >= 0.6 is 23.2 Å². The SMILES string of the molecule is Clc1cccc(C2=CCN(CCCc3nnc4n3CCCCC4)CC2)c1Cl. The van der Waals surface area contributed by atoms with Crippen molar-refractivity contribution in [3.8, 4) is 0 Å². The zero-order chi connectivity index (χ0) is 18.6. The van der Waals surface area contributed by atoms with E-state index in [2.05, 4.69) is 31.8 Å². The fourth-order valence-electron chi connectivity index (χ4n) is 4.10. The van der Waals surface area contributed by atoms with Gasteiger partial charge in [-0.3, -0.25) is 4.90 Å². The molecule has 0 amide bonds. The molecule has 3 heterocycles. The summed E-state index contributed by atoms with van der Waals surface area (Å²) < 4.78 is 2.36. The van der Waals surface area contributed by atoms with Gasteiger partial charge in [0.25, 0.3) is 0 Å². The van der Waals surface area contributed by atoms with Crippen LogP contribution in [0.4, 0.5) is 0 Å². The number of aromatic nitrogens is 3. The lowest BCUT2D eigenvalue weighted by Gasteiger charge is -2.26. The molecule has 0 bridgehead atoms. The third kappa shape index (κ3) is 4.39. The van der Waals surface area contributed by atoms with Crippen LogP contribution in [0.15, 0.2) is 24.3 Å². The molecule has 1 aromatic heterocycles. The van der Waals surface area contributed by atoms with Crippen LogP contribution in [0.2, 0.25) is 10.0 Å². The first-order valence-corrected chi connectivity index (χ1v) is 10.7. The highest BCUT2D eigenvalue weighted by Gasteiger charge is 2.17. The highest BCUT2D eigenvalue weighted by Crippen LogP contribution is 2.33. The van der Waals surface area contributed by atoms with E-state index in [1.807, 2.05) is 12.1 Å². The largest absolute Gasteiger partial charge is 0.315 e. The number of hydrogen-bond acceptors (Lipinski definition) is 3. The van der Waals surface area contributed by atoms with Gasteiger partial charge < -0.3 is 4.57 Å². The van der Waals surface area contributed by atoms with E-state index in [1.54, 1.807) is 0 Å². The lowest BCUT2D eigenvalue weighted by atomic mass is 9.99. The van der Waals surface area contributed by atoms with Gasteiger partial charge >= 0.3 is 0 Å². The van der Waals surface area contributed by atoms with Crippen LogP contribution in [0.5, 0.6) is 0 Å². The number of halogens is 2. The van der Waals surface area contributed by atoms with Gasteiger partial charge in [0.05, 0.1) is 10.0 Å². The summed E-state index contributed by atoms with van der Waals surface area (Å²) in [5, 5.41) is 10.2. The molecule has 4 rings (SSSR count).